The molecule has 0 N–H and O–H groups in total. The van der Waals surface area contributed by atoms with Crippen LogP contribution in [-0.2, 0) is 23.9 Å². The van der Waals surface area contributed by atoms with Crippen molar-refractivity contribution in [3.63, 3.8) is 0 Å². The van der Waals surface area contributed by atoms with Crippen LogP contribution in [0.15, 0.2) is 18.2 Å². The third-order valence-electron chi connectivity index (χ3n) is 9.27. The Hall–Kier alpha value is -1.60. The van der Waals surface area contributed by atoms with Crippen molar-refractivity contribution in [1.29, 1.82) is 0 Å². The molecule has 7 heteroatoms. The normalized spacial score (nSPS) is 30.9. The van der Waals surface area contributed by atoms with Crippen molar-refractivity contribution in [3.05, 3.63) is 34.9 Å². The van der Waals surface area contributed by atoms with Crippen molar-refractivity contribution in [2.75, 3.05) is 32.7 Å². The zero-order valence-corrected chi connectivity index (χ0v) is 20.5. The summed E-state index contributed by atoms with van der Waals surface area (Å²) in [7, 11) is 0. The minimum atomic E-state index is -4.36. The fraction of sp³-hybridized carbons (Fsp3) is 0.741. The van der Waals surface area contributed by atoms with E-state index in [-0.39, 0.29) is 18.4 Å². The minimum absolute atomic E-state index is 0.157. The molecule has 4 nitrogen and oxygen atoms in total. The van der Waals surface area contributed by atoms with Crippen molar-refractivity contribution < 1.29 is 18.0 Å². The average Bonchev–Trinajstić information content (AvgIpc) is 3.29. The Morgan fingerprint density at radius 2 is 1.79 bits per heavy atom. The quantitative estimate of drug-likeness (QED) is 0.616. The van der Waals surface area contributed by atoms with Gasteiger partial charge in [-0.25, -0.2) is 0 Å². The number of hydrogen-bond acceptors (Lipinski definition) is 3. The summed E-state index contributed by atoms with van der Waals surface area (Å²) in [4.78, 5) is 21.1. The second kappa shape index (κ2) is 9.12. The summed E-state index contributed by atoms with van der Waals surface area (Å²) in [6, 6.07) is 5.10. The fourth-order valence-electron chi connectivity index (χ4n) is 7.06. The van der Waals surface area contributed by atoms with Crippen LogP contribution in [0.25, 0.3) is 0 Å². The second-order valence-electron chi connectivity index (χ2n) is 11.3. The van der Waals surface area contributed by atoms with Gasteiger partial charge in [-0.1, -0.05) is 26.3 Å². The monoisotopic (exact) mass is 477 g/mol. The molecule has 3 atom stereocenters. The van der Waals surface area contributed by atoms with Gasteiger partial charge in [0.2, 0.25) is 5.91 Å². The summed E-state index contributed by atoms with van der Waals surface area (Å²) in [5.74, 6) is 0.369. The van der Waals surface area contributed by atoms with E-state index in [1.54, 1.807) is 6.07 Å². The van der Waals surface area contributed by atoms with Crippen molar-refractivity contribution in [2.24, 2.45) is 11.3 Å². The summed E-state index contributed by atoms with van der Waals surface area (Å²) in [5.41, 5.74) is 0.552. The third-order valence-corrected chi connectivity index (χ3v) is 9.27. The number of rotatable bonds is 3. The highest BCUT2D eigenvalue weighted by Gasteiger charge is 2.51. The maximum Gasteiger partial charge on any atom is 0.416 e. The van der Waals surface area contributed by atoms with Crippen molar-refractivity contribution in [2.45, 2.75) is 83.6 Å². The number of alkyl halides is 3. The van der Waals surface area contributed by atoms with Gasteiger partial charge in [0.05, 0.1) is 11.0 Å². The van der Waals surface area contributed by atoms with Crippen LogP contribution in [0.1, 0.15) is 69.1 Å². The number of piperazine rings is 1. The molecule has 188 valence electrons. The van der Waals surface area contributed by atoms with Gasteiger partial charge in [-0.05, 0) is 74.2 Å². The molecule has 1 amide bonds. The predicted molar refractivity (Wildman–Crippen MR) is 126 cm³/mol. The molecule has 3 fully saturated rings. The smallest absolute Gasteiger partial charge is 0.338 e. The molecule has 0 spiro atoms. The number of nitrogens with zero attached hydrogens (tertiary/aromatic N) is 3. The first kappa shape index (κ1) is 24.1. The highest BCUT2D eigenvalue weighted by atomic mass is 19.4. The maximum absolute atomic E-state index is 14.0. The van der Waals surface area contributed by atoms with Gasteiger partial charge in [0.25, 0.3) is 0 Å². The van der Waals surface area contributed by atoms with E-state index in [0.29, 0.717) is 30.6 Å². The molecular formula is C27H38F3N3O. The van der Waals surface area contributed by atoms with Crippen molar-refractivity contribution in [1.82, 2.24) is 14.7 Å². The number of hydrogen-bond donors (Lipinski definition) is 0. The molecule has 1 aliphatic carbocycles. The highest BCUT2D eigenvalue weighted by molar-refractivity contribution is 5.84. The number of amides is 1. The predicted octanol–water partition coefficient (Wildman–Crippen LogP) is 4.96. The molecule has 0 bridgehead atoms. The Balaban J connectivity index is 1.30. The van der Waals surface area contributed by atoms with Crippen LogP contribution in [-0.4, -0.2) is 65.4 Å². The Morgan fingerprint density at radius 3 is 2.56 bits per heavy atom. The lowest BCUT2D eigenvalue weighted by molar-refractivity contribution is -0.146. The number of halogens is 3. The summed E-state index contributed by atoms with van der Waals surface area (Å²) in [6.45, 7) is 9.75. The third kappa shape index (κ3) is 4.39. The lowest BCUT2D eigenvalue weighted by Gasteiger charge is -2.46. The number of carbonyl (C=O) groups is 1. The summed E-state index contributed by atoms with van der Waals surface area (Å²) in [6.07, 6.45) is 2.98. The molecule has 5 rings (SSSR count). The standard InChI is InChI=1S/C27H38F3N3O/c1-19(2)26(10-8-23(16-26)32-14-13-31-11-4-3-5-24(31)18-32)25(34)33-12-9-20-6-7-22(27(28,29)30)15-21(20)17-33/h6-7,15,19,23-24H,3-5,8-14,16-18H2,1-2H3/t23?,24?,26-/m0/s1. The van der Waals surface area contributed by atoms with E-state index in [1.165, 1.54) is 37.9 Å². The van der Waals surface area contributed by atoms with Crippen LogP contribution in [0.4, 0.5) is 13.2 Å². The van der Waals surface area contributed by atoms with Crippen molar-refractivity contribution >= 4 is 5.91 Å². The van der Waals surface area contributed by atoms with Crippen LogP contribution in [0, 0.1) is 11.3 Å². The first-order chi connectivity index (χ1) is 16.2. The lowest BCUT2D eigenvalue weighted by Crippen LogP contribution is -2.57. The Kier molecular flexibility index (Phi) is 6.47. The number of fused-ring (bicyclic) bond motifs is 2. The molecule has 2 saturated heterocycles. The number of benzene rings is 1. The molecule has 4 aliphatic rings. The molecular weight excluding hydrogens is 439 g/mol. The van der Waals surface area contributed by atoms with Crippen molar-refractivity contribution in [3.8, 4) is 0 Å². The van der Waals surface area contributed by atoms with E-state index < -0.39 is 17.2 Å². The average molecular weight is 478 g/mol. The summed E-state index contributed by atoms with van der Waals surface area (Å²) < 4.78 is 39.8. The minimum Gasteiger partial charge on any atom is -0.338 e. The molecule has 3 heterocycles. The topological polar surface area (TPSA) is 26.8 Å². The molecule has 0 aromatic heterocycles. The molecule has 3 aliphatic heterocycles. The Labute approximate surface area is 201 Å². The van der Waals surface area contributed by atoms with Gasteiger partial charge < -0.3 is 4.90 Å². The van der Waals surface area contributed by atoms with E-state index in [9.17, 15) is 18.0 Å². The summed E-state index contributed by atoms with van der Waals surface area (Å²) >= 11 is 0. The van der Waals surface area contributed by atoms with E-state index in [0.717, 1.165) is 44.5 Å². The van der Waals surface area contributed by atoms with E-state index in [2.05, 4.69) is 23.6 Å². The van der Waals surface area contributed by atoms with Gasteiger partial charge in [0.15, 0.2) is 0 Å². The summed E-state index contributed by atoms with van der Waals surface area (Å²) in [5, 5.41) is 0. The van der Waals surface area contributed by atoms with Gasteiger partial charge in [-0.2, -0.15) is 13.2 Å². The van der Waals surface area contributed by atoms with Gasteiger partial charge in [0, 0.05) is 44.8 Å². The van der Waals surface area contributed by atoms with E-state index in [1.807, 2.05) is 4.90 Å². The molecule has 0 radical (unpaired) electrons. The van der Waals surface area contributed by atoms with Gasteiger partial charge in [-0.15, -0.1) is 0 Å². The number of piperidine rings is 1. The zero-order chi connectivity index (χ0) is 24.1. The van der Waals surface area contributed by atoms with Crippen LogP contribution in [0.3, 0.4) is 0 Å². The van der Waals surface area contributed by atoms with Crippen LogP contribution in [0.5, 0.6) is 0 Å². The van der Waals surface area contributed by atoms with Crippen LogP contribution < -0.4 is 0 Å². The molecule has 1 aromatic carbocycles. The molecule has 1 saturated carbocycles. The SMILES string of the molecule is CC(C)[C@]1(C(=O)N2CCc3ccc(C(F)(F)F)cc3C2)CCC(N2CCN3CCCCC3C2)C1. The lowest BCUT2D eigenvalue weighted by atomic mass is 9.73. The number of carbonyl (C=O) groups excluding carboxylic acids is 1. The van der Waals surface area contributed by atoms with Gasteiger partial charge in [0.1, 0.15) is 0 Å². The van der Waals surface area contributed by atoms with Crippen LogP contribution in [0.2, 0.25) is 0 Å². The first-order valence-electron chi connectivity index (χ1n) is 13.1. The van der Waals surface area contributed by atoms with E-state index in [4.69, 9.17) is 0 Å². The maximum atomic E-state index is 14.0. The molecule has 2 unspecified atom stereocenters. The van der Waals surface area contributed by atoms with Gasteiger partial charge in [-0.3, -0.25) is 14.6 Å². The Bertz CT molecular complexity index is 917. The van der Waals surface area contributed by atoms with Gasteiger partial charge >= 0.3 is 6.18 Å². The zero-order valence-electron chi connectivity index (χ0n) is 20.5. The highest BCUT2D eigenvalue weighted by Crippen LogP contribution is 2.48. The molecule has 1 aromatic rings. The fourth-order valence-corrected chi connectivity index (χ4v) is 7.06. The molecule has 34 heavy (non-hydrogen) atoms. The largest absolute Gasteiger partial charge is 0.416 e. The first-order valence-corrected chi connectivity index (χ1v) is 13.1. The second-order valence-corrected chi connectivity index (χ2v) is 11.3. The van der Waals surface area contributed by atoms with E-state index >= 15 is 0 Å². The Morgan fingerprint density at radius 1 is 1.00 bits per heavy atom. The van der Waals surface area contributed by atoms with Crippen LogP contribution >= 0.6 is 0 Å².